The highest BCUT2D eigenvalue weighted by Gasteiger charge is 2.38. The maximum atomic E-state index is 13.2. The van der Waals surface area contributed by atoms with Crippen molar-refractivity contribution < 1.29 is 18.8 Å². The molecule has 1 aliphatic carbocycles. The third kappa shape index (κ3) is 5.74. The fourth-order valence-corrected chi connectivity index (χ4v) is 4.64. The van der Waals surface area contributed by atoms with Crippen molar-refractivity contribution in [3.8, 4) is 0 Å². The zero-order chi connectivity index (χ0) is 21.8. The number of carbonyl (C=O) groups is 3. The minimum absolute atomic E-state index is 0.112. The smallest absolute Gasteiger partial charge is 0.319 e. The first kappa shape index (κ1) is 21.6. The van der Waals surface area contributed by atoms with Crippen molar-refractivity contribution in [1.82, 2.24) is 15.1 Å². The summed E-state index contributed by atoms with van der Waals surface area (Å²) in [6.07, 6.45) is 5.54. The van der Waals surface area contributed by atoms with Gasteiger partial charge in [-0.1, -0.05) is 6.07 Å². The summed E-state index contributed by atoms with van der Waals surface area (Å²) in [6, 6.07) is 5.38. The van der Waals surface area contributed by atoms with E-state index in [1.54, 1.807) is 12.1 Å². The molecule has 8 heteroatoms. The molecule has 2 N–H and O–H groups in total. The Bertz CT molecular complexity index is 829. The summed E-state index contributed by atoms with van der Waals surface area (Å²) >= 11 is 0. The highest BCUT2D eigenvalue weighted by Crippen LogP contribution is 2.33. The molecule has 0 unspecified atom stereocenters. The number of rotatable bonds is 5. The summed E-state index contributed by atoms with van der Waals surface area (Å²) in [5, 5.41) is 5.47. The van der Waals surface area contributed by atoms with Gasteiger partial charge in [0.2, 0.25) is 11.8 Å². The largest absolute Gasteiger partial charge is 0.342 e. The SMILES string of the molecule is O=C(NC[C@@H]1CCCN(C(=O)[C@@H]2CCCN(C(=O)C3CC3)C2)C1)Nc1cccc(F)c1. The predicted octanol–water partition coefficient (Wildman–Crippen LogP) is 2.83. The van der Waals surface area contributed by atoms with Crippen LogP contribution in [-0.4, -0.2) is 60.4 Å². The standard InChI is InChI=1S/C23H31FN4O3/c24-19-6-1-7-20(12-19)26-23(31)25-13-16-4-2-10-27(14-16)22(30)18-5-3-11-28(15-18)21(29)17-8-9-17/h1,6-7,12,16-18H,2-5,8-11,13-15H2,(H2,25,26,31)/t16-,18+/m0/s1. The maximum absolute atomic E-state index is 13.2. The van der Waals surface area contributed by atoms with Gasteiger partial charge < -0.3 is 20.4 Å². The summed E-state index contributed by atoms with van der Waals surface area (Å²) in [7, 11) is 0. The maximum Gasteiger partial charge on any atom is 0.319 e. The van der Waals surface area contributed by atoms with Gasteiger partial charge in [-0.3, -0.25) is 9.59 Å². The molecule has 0 aromatic heterocycles. The quantitative estimate of drug-likeness (QED) is 0.754. The predicted molar refractivity (Wildman–Crippen MR) is 115 cm³/mol. The van der Waals surface area contributed by atoms with Crippen molar-refractivity contribution in [3.63, 3.8) is 0 Å². The average molecular weight is 431 g/mol. The van der Waals surface area contributed by atoms with Gasteiger partial charge in [-0.25, -0.2) is 9.18 Å². The van der Waals surface area contributed by atoms with Crippen LogP contribution in [0.1, 0.15) is 38.5 Å². The Morgan fingerprint density at radius 1 is 0.935 bits per heavy atom. The molecule has 1 aromatic rings. The highest BCUT2D eigenvalue weighted by molar-refractivity contribution is 5.89. The lowest BCUT2D eigenvalue weighted by molar-refractivity contribution is -0.142. The average Bonchev–Trinajstić information content (AvgIpc) is 3.62. The molecule has 7 nitrogen and oxygen atoms in total. The molecule has 3 aliphatic rings. The van der Waals surface area contributed by atoms with E-state index in [1.165, 1.54) is 12.1 Å². The van der Waals surface area contributed by atoms with E-state index in [2.05, 4.69) is 10.6 Å². The van der Waals surface area contributed by atoms with Crippen molar-refractivity contribution >= 4 is 23.5 Å². The number of nitrogens with zero attached hydrogens (tertiary/aromatic N) is 2. The molecule has 0 radical (unpaired) electrons. The Balaban J connectivity index is 1.24. The Hall–Kier alpha value is -2.64. The molecule has 2 heterocycles. The van der Waals surface area contributed by atoms with Crippen LogP contribution in [0.4, 0.5) is 14.9 Å². The molecule has 4 amide bonds. The van der Waals surface area contributed by atoms with Crippen LogP contribution < -0.4 is 10.6 Å². The zero-order valence-electron chi connectivity index (χ0n) is 17.8. The van der Waals surface area contributed by atoms with Crippen LogP contribution >= 0.6 is 0 Å². The van der Waals surface area contributed by atoms with E-state index in [-0.39, 0.29) is 35.6 Å². The van der Waals surface area contributed by atoms with Crippen LogP contribution in [-0.2, 0) is 9.59 Å². The highest BCUT2D eigenvalue weighted by atomic mass is 19.1. The molecule has 0 spiro atoms. The fraction of sp³-hybridized carbons (Fsp3) is 0.609. The molecule has 0 bridgehead atoms. The molecule has 2 atom stereocenters. The summed E-state index contributed by atoms with van der Waals surface area (Å²) in [5.41, 5.74) is 0.403. The fourth-order valence-electron chi connectivity index (χ4n) is 4.64. The molecular formula is C23H31FN4O3. The number of piperidine rings is 2. The molecule has 168 valence electrons. The second kappa shape index (κ2) is 9.66. The summed E-state index contributed by atoms with van der Waals surface area (Å²) in [6.45, 7) is 3.13. The van der Waals surface area contributed by atoms with Gasteiger partial charge in [0.15, 0.2) is 0 Å². The molecule has 2 saturated heterocycles. The Morgan fingerprint density at radius 3 is 2.39 bits per heavy atom. The number of urea groups is 1. The summed E-state index contributed by atoms with van der Waals surface area (Å²) < 4.78 is 13.2. The number of carbonyl (C=O) groups excluding carboxylic acids is 3. The van der Waals surface area contributed by atoms with E-state index in [1.807, 2.05) is 9.80 Å². The van der Waals surface area contributed by atoms with Gasteiger partial charge in [0, 0.05) is 44.3 Å². The van der Waals surface area contributed by atoms with E-state index in [9.17, 15) is 18.8 Å². The van der Waals surface area contributed by atoms with Crippen molar-refractivity contribution in [2.24, 2.45) is 17.8 Å². The number of anilines is 1. The first-order valence-corrected chi connectivity index (χ1v) is 11.4. The summed E-state index contributed by atoms with van der Waals surface area (Å²) in [4.78, 5) is 41.4. The van der Waals surface area contributed by atoms with Gasteiger partial charge in [-0.05, 0) is 62.6 Å². The van der Waals surface area contributed by atoms with Gasteiger partial charge >= 0.3 is 6.03 Å². The van der Waals surface area contributed by atoms with E-state index in [0.717, 1.165) is 51.6 Å². The first-order chi connectivity index (χ1) is 15.0. The third-order valence-corrected chi connectivity index (χ3v) is 6.47. The van der Waals surface area contributed by atoms with E-state index in [0.29, 0.717) is 25.3 Å². The first-order valence-electron chi connectivity index (χ1n) is 11.4. The van der Waals surface area contributed by atoms with Crippen LogP contribution in [0.25, 0.3) is 0 Å². The van der Waals surface area contributed by atoms with Crippen molar-refractivity contribution in [2.75, 3.05) is 38.0 Å². The third-order valence-electron chi connectivity index (χ3n) is 6.47. The van der Waals surface area contributed by atoms with Crippen LogP contribution in [0.5, 0.6) is 0 Å². The molecule has 1 saturated carbocycles. The van der Waals surface area contributed by atoms with Gasteiger partial charge in [0.25, 0.3) is 0 Å². The van der Waals surface area contributed by atoms with Crippen LogP contribution in [0.3, 0.4) is 0 Å². The van der Waals surface area contributed by atoms with Crippen LogP contribution in [0.15, 0.2) is 24.3 Å². The van der Waals surface area contributed by atoms with Crippen molar-refractivity contribution in [1.29, 1.82) is 0 Å². The number of halogens is 1. The normalized spacial score (nSPS) is 23.9. The minimum Gasteiger partial charge on any atom is -0.342 e. The topological polar surface area (TPSA) is 81.8 Å². The molecular weight excluding hydrogens is 399 g/mol. The van der Waals surface area contributed by atoms with Crippen LogP contribution in [0.2, 0.25) is 0 Å². The van der Waals surface area contributed by atoms with Gasteiger partial charge in [-0.2, -0.15) is 0 Å². The lowest BCUT2D eigenvalue weighted by Crippen LogP contribution is -2.50. The second-order valence-electron chi connectivity index (χ2n) is 9.04. The second-order valence-corrected chi connectivity index (χ2v) is 9.04. The van der Waals surface area contributed by atoms with Crippen molar-refractivity contribution in [2.45, 2.75) is 38.5 Å². The summed E-state index contributed by atoms with van der Waals surface area (Å²) in [5.74, 6) is 0.227. The Morgan fingerprint density at radius 2 is 1.65 bits per heavy atom. The van der Waals surface area contributed by atoms with Crippen LogP contribution in [0, 0.1) is 23.6 Å². The number of likely N-dealkylation sites (tertiary alicyclic amines) is 2. The van der Waals surface area contributed by atoms with Crippen molar-refractivity contribution in [3.05, 3.63) is 30.1 Å². The molecule has 2 aliphatic heterocycles. The molecule has 1 aromatic carbocycles. The zero-order valence-corrected chi connectivity index (χ0v) is 17.8. The van der Waals surface area contributed by atoms with E-state index in [4.69, 9.17) is 0 Å². The van der Waals surface area contributed by atoms with Gasteiger partial charge in [0.05, 0.1) is 5.92 Å². The number of hydrogen-bond donors (Lipinski definition) is 2. The molecule has 31 heavy (non-hydrogen) atoms. The van der Waals surface area contributed by atoms with Gasteiger partial charge in [0.1, 0.15) is 5.82 Å². The monoisotopic (exact) mass is 430 g/mol. The Labute approximate surface area is 182 Å². The molecule has 4 rings (SSSR count). The number of nitrogens with one attached hydrogen (secondary N) is 2. The van der Waals surface area contributed by atoms with E-state index >= 15 is 0 Å². The molecule has 3 fully saturated rings. The minimum atomic E-state index is -0.403. The lowest BCUT2D eigenvalue weighted by atomic mass is 9.92. The van der Waals surface area contributed by atoms with Gasteiger partial charge in [-0.15, -0.1) is 0 Å². The Kier molecular flexibility index (Phi) is 6.73. The number of amides is 4. The number of benzene rings is 1. The van der Waals surface area contributed by atoms with E-state index < -0.39 is 5.82 Å². The number of hydrogen-bond acceptors (Lipinski definition) is 3. The lowest BCUT2D eigenvalue weighted by Gasteiger charge is -2.38.